The van der Waals surface area contributed by atoms with E-state index >= 15 is 0 Å². The zero-order valence-electron chi connectivity index (χ0n) is 26.0. The van der Waals surface area contributed by atoms with Gasteiger partial charge in [-0.2, -0.15) is 0 Å². The second-order valence-electron chi connectivity index (χ2n) is 11.4. The van der Waals surface area contributed by atoms with Crippen LogP contribution in [0.1, 0.15) is 0 Å². The van der Waals surface area contributed by atoms with Gasteiger partial charge >= 0.3 is 0 Å². The highest BCUT2D eigenvalue weighted by Crippen LogP contribution is 2.33. The summed E-state index contributed by atoms with van der Waals surface area (Å²) in [5.41, 5.74) is 12.1. The van der Waals surface area contributed by atoms with Gasteiger partial charge in [-0.3, -0.25) is 9.97 Å². The van der Waals surface area contributed by atoms with E-state index in [1.165, 1.54) is 0 Å². The van der Waals surface area contributed by atoms with Gasteiger partial charge in [0.05, 0.1) is 34.2 Å². The van der Waals surface area contributed by atoms with Crippen LogP contribution in [0.25, 0.3) is 78.9 Å². The van der Waals surface area contributed by atoms with Crippen molar-refractivity contribution in [2.45, 2.75) is 0 Å². The van der Waals surface area contributed by atoms with Crippen molar-refractivity contribution in [2.75, 3.05) is 0 Å². The molecule has 4 aromatic carbocycles. The number of nitrogens with zero attached hydrogens (tertiary/aromatic N) is 5. The highest BCUT2D eigenvalue weighted by molar-refractivity contribution is 5.78. The van der Waals surface area contributed by atoms with Gasteiger partial charge in [-0.05, 0) is 70.8 Å². The molecule has 0 fully saturated rings. The molecule has 0 amide bonds. The first-order valence-electron chi connectivity index (χ1n) is 15.8. The van der Waals surface area contributed by atoms with E-state index in [-0.39, 0.29) is 0 Å². The zero-order valence-corrected chi connectivity index (χ0v) is 26.0. The van der Waals surface area contributed by atoms with Crippen LogP contribution in [0, 0.1) is 0 Å². The van der Waals surface area contributed by atoms with Crippen molar-refractivity contribution in [1.82, 2.24) is 24.9 Å². The maximum Gasteiger partial charge on any atom is 0.160 e. The largest absolute Gasteiger partial charge is 0.255 e. The lowest BCUT2D eigenvalue weighted by Crippen LogP contribution is -1.98. The van der Waals surface area contributed by atoms with Gasteiger partial charge in [-0.25, -0.2) is 15.0 Å². The van der Waals surface area contributed by atoms with Crippen molar-refractivity contribution in [3.8, 4) is 78.9 Å². The first-order chi connectivity index (χ1) is 23.8. The van der Waals surface area contributed by atoms with Crippen molar-refractivity contribution >= 4 is 0 Å². The second-order valence-corrected chi connectivity index (χ2v) is 11.4. The monoisotopic (exact) mass is 615 g/mol. The average Bonchev–Trinajstić information content (AvgIpc) is 3.19. The predicted octanol–water partition coefficient (Wildman–Crippen LogP) is 10.3. The minimum absolute atomic E-state index is 0.615. The predicted molar refractivity (Wildman–Crippen MR) is 193 cm³/mol. The van der Waals surface area contributed by atoms with Gasteiger partial charge in [-0.1, -0.05) is 115 Å². The Morgan fingerprint density at radius 2 is 0.792 bits per heavy atom. The molecule has 4 heterocycles. The minimum Gasteiger partial charge on any atom is -0.255 e. The molecule has 0 bridgehead atoms. The molecule has 0 aliphatic rings. The Kier molecular flexibility index (Phi) is 7.83. The molecule has 0 aliphatic heterocycles. The van der Waals surface area contributed by atoms with E-state index in [0.29, 0.717) is 5.82 Å². The van der Waals surface area contributed by atoms with Gasteiger partial charge in [0.2, 0.25) is 0 Å². The number of aromatic nitrogens is 5. The van der Waals surface area contributed by atoms with Crippen molar-refractivity contribution in [2.24, 2.45) is 0 Å². The van der Waals surface area contributed by atoms with Gasteiger partial charge in [0, 0.05) is 29.1 Å². The smallest absolute Gasteiger partial charge is 0.160 e. The van der Waals surface area contributed by atoms with Crippen LogP contribution in [-0.2, 0) is 0 Å². The molecule has 0 aliphatic carbocycles. The first-order valence-corrected chi connectivity index (χ1v) is 15.8. The molecule has 0 N–H and O–H groups in total. The van der Waals surface area contributed by atoms with E-state index in [1.54, 1.807) is 12.4 Å². The molecule has 0 unspecified atom stereocenters. The van der Waals surface area contributed by atoms with Crippen LogP contribution in [0.3, 0.4) is 0 Å². The molecule has 5 nitrogen and oxygen atoms in total. The Morgan fingerprint density at radius 1 is 0.250 bits per heavy atom. The quantitative estimate of drug-likeness (QED) is 0.178. The van der Waals surface area contributed by atoms with Gasteiger partial charge in [0.1, 0.15) is 0 Å². The lowest BCUT2D eigenvalue weighted by molar-refractivity contribution is 1.17. The summed E-state index contributed by atoms with van der Waals surface area (Å²) in [6.45, 7) is 0. The van der Waals surface area contributed by atoms with E-state index in [2.05, 4.69) is 96.0 Å². The standard InChI is InChI=1S/C43H29N5/c1-4-13-30(14-5-1)33-19-12-20-34(25-33)39-29-38(32-17-8-3-9-18-32)47-43(48-39)35-22-24-45-40(26-35)42-28-36(31-15-6-2-7-16-31)27-41(46-42)37-21-10-11-23-44-37/h1-29H. The molecule has 8 aromatic rings. The Labute approximate surface area is 279 Å². The van der Waals surface area contributed by atoms with Gasteiger partial charge in [0.25, 0.3) is 0 Å². The highest BCUT2D eigenvalue weighted by Gasteiger charge is 2.15. The SMILES string of the molecule is c1ccc(-c2cccc(-c3cc(-c4ccccc4)nc(-c4ccnc(-c5cc(-c6ccccc6)cc(-c6ccccn6)n5)c4)n3)c2)cc1. The molecule has 5 heteroatoms. The molecule has 8 rings (SSSR count). The van der Waals surface area contributed by atoms with E-state index in [9.17, 15) is 0 Å². The summed E-state index contributed by atoms with van der Waals surface area (Å²) in [5.74, 6) is 0.615. The summed E-state index contributed by atoms with van der Waals surface area (Å²) in [6, 6.07) is 55.5. The van der Waals surface area contributed by atoms with Crippen LogP contribution < -0.4 is 0 Å². The van der Waals surface area contributed by atoms with Crippen LogP contribution in [0.4, 0.5) is 0 Å². The molecular weight excluding hydrogens is 587 g/mol. The number of benzene rings is 4. The molecule has 0 saturated carbocycles. The van der Waals surface area contributed by atoms with Crippen LogP contribution in [0.5, 0.6) is 0 Å². The Balaban J connectivity index is 1.26. The number of hydrogen-bond acceptors (Lipinski definition) is 5. The van der Waals surface area contributed by atoms with Crippen LogP contribution in [-0.4, -0.2) is 24.9 Å². The molecule has 0 spiro atoms. The Morgan fingerprint density at radius 3 is 1.48 bits per heavy atom. The van der Waals surface area contributed by atoms with Gasteiger partial charge in [-0.15, -0.1) is 0 Å². The summed E-state index contributed by atoms with van der Waals surface area (Å²) >= 11 is 0. The van der Waals surface area contributed by atoms with Crippen molar-refractivity contribution in [3.63, 3.8) is 0 Å². The van der Waals surface area contributed by atoms with Gasteiger partial charge in [0.15, 0.2) is 5.82 Å². The number of rotatable bonds is 7. The summed E-state index contributed by atoms with van der Waals surface area (Å²) in [7, 11) is 0. The molecule has 0 saturated heterocycles. The molecule has 4 aromatic heterocycles. The van der Waals surface area contributed by atoms with E-state index in [1.807, 2.05) is 72.8 Å². The van der Waals surface area contributed by atoms with Crippen LogP contribution in [0.2, 0.25) is 0 Å². The molecule has 48 heavy (non-hydrogen) atoms. The fourth-order valence-electron chi connectivity index (χ4n) is 5.78. The molecule has 226 valence electrons. The van der Waals surface area contributed by atoms with E-state index in [0.717, 1.165) is 73.1 Å². The van der Waals surface area contributed by atoms with Crippen molar-refractivity contribution in [1.29, 1.82) is 0 Å². The summed E-state index contributed by atoms with van der Waals surface area (Å²) in [6.07, 6.45) is 3.59. The van der Waals surface area contributed by atoms with E-state index in [4.69, 9.17) is 19.9 Å². The first kappa shape index (κ1) is 28.9. The Bertz CT molecular complexity index is 2270. The lowest BCUT2D eigenvalue weighted by Gasteiger charge is -2.12. The zero-order chi connectivity index (χ0) is 32.1. The maximum atomic E-state index is 5.13. The fraction of sp³-hybridized carbons (Fsp3) is 0. The third kappa shape index (κ3) is 6.13. The highest BCUT2D eigenvalue weighted by atomic mass is 14.9. The number of pyridine rings is 3. The normalized spacial score (nSPS) is 10.9. The third-order valence-corrected chi connectivity index (χ3v) is 8.20. The molecule has 0 radical (unpaired) electrons. The van der Waals surface area contributed by atoms with E-state index < -0.39 is 0 Å². The minimum atomic E-state index is 0.615. The molecular formula is C43H29N5. The maximum absolute atomic E-state index is 5.13. The second kappa shape index (κ2) is 13.0. The summed E-state index contributed by atoms with van der Waals surface area (Å²) in [4.78, 5) is 24.6. The lowest BCUT2D eigenvalue weighted by atomic mass is 10.0. The number of hydrogen-bond donors (Lipinski definition) is 0. The van der Waals surface area contributed by atoms with Crippen LogP contribution >= 0.6 is 0 Å². The topological polar surface area (TPSA) is 64.5 Å². The molecule has 0 atom stereocenters. The van der Waals surface area contributed by atoms with Crippen LogP contribution in [0.15, 0.2) is 176 Å². The van der Waals surface area contributed by atoms with Crippen molar-refractivity contribution < 1.29 is 0 Å². The summed E-state index contributed by atoms with van der Waals surface area (Å²) in [5, 5.41) is 0. The third-order valence-electron chi connectivity index (χ3n) is 8.20. The summed E-state index contributed by atoms with van der Waals surface area (Å²) < 4.78 is 0. The van der Waals surface area contributed by atoms with Gasteiger partial charge < -0.3 is 0 Å². The van der Waals surface area contributed by atoms with Crippen molar-refractivity contribution in [3.05, 3.63) is 176 Å². The Hall–Kier alpha value is -6.59. The average molecular weight is 616 g/mol. The fourth-order valence-corrected chi connectivity index (χ4v) is 5.78.